The summed E-state index contributed by atoms with van der Waals surface area (Å²) in [5, 5.41) is 8.54. The van der Waals surface area contributed by atoms with Crippen molar-refractivity contribution in [1.82, 2.24) is 4.98 Å². The highest BCUT2D eigenvalue weighted by Crippen LogP contribution is 2.14. The van der Waals surface area contributed by atoms with E-state index in [2.05, 4.69) is 11.6 Å². The lowest BCUT2D eigenvalue weighted by atomic mass is 10.1. The molecule has 1 aromatic rings. The van der Waals surface area contributed by atoms with Gasteiger partial charge in [-0.3, -0.25) is 0 Å². The maximum absolute atomic E-state index is 8.54. The van der Waals surface area contributed by atoms with Gasteiger partial charge >= 0.3 is 0 Å². The summed E-state index contributed by atoms with van der Waals surface area (Å²) in [7, 11) is 1.53. The van der Waals surface area contributed by atoms with Gasteiger partial charge in [0.2, 0.25) is 5.88 Å². The molecule has 12 heavy (non-hydrogen) atoms. The maximum Gasteiger partial charge on any atom is 0.213 e. The van der Waals surface area contributed by atoms with Crippen LogP contribution in [0.5, 0.6) is 5.88 Å². The first-order valence-corrected chi connectivity index (χ1v) is 3.37. The van der Waals surface area contributed by atoms with Gasteiger partial charge in [-0.2, -0.15) is 5.26 Å². The van der Waals surface area contributed by atoms with Crippen molar-refractivity contribution in [3.63, 3.8) is 0 Å². The fourth-order valence-corrected chi connectivity index (χ4v) is 0.773. The number of hydrogen-bond acceptors (Lipinski definition) is 3. The molecule has 0 saturated heterocycles. The summed E-state index contributed by atoms with van der Waals surface area (Å²) in [6.07, 6.45) is 1.58. The number of nitrogens with zero attached hydrogens (tertiary/aromatic N) is 2. The minimum Gasteiger partial charge on any atom is -0.481 e. The second-order valence-electron chi connectivity index (χ2n) is 2.18. The highest BCUT2D eigenvalue weighted by atomic mass is 16.5. The van der Waals surface area contributed by atoms with Crippen LogP contribution in [0.25, 0.3) is 5.57 Å². The monoisotopic (exact) mass is 160 g/mol. The molecule has 0 aliphatic heterocycles. The third-order valence-corrected chi connectivity index (χ3v) is 1.43. The summed E-state index contributed by atoms with van der Waals surface area (Å²) in [5.74, 6) is 0.490. The van der Waals surface area contributed by atoms with Gasteiger partial charge < -0.3 is 4.74 Å². The normalized spacial score (nSPS) is 8.67. The minimum absolute atomic E-state index is 0.413. The van der Waals surface area contributed by atoms with E-state index in [4.69, 9.17) is 10.00 Å². The number of pyridine rings is 1. The molecule has 1 aromatic heterocycles. The Kier molecular flexibility index (Phi) is 2.44. The first-order chi connectivity index (χ1) is 5.77. The van der Waals surface area contributed by atoms with Crippen molar-refractivity contribution in [1.29, 1.82) is 5.26 Å². The van der Waals surface area contributed by atoms with Crippen LogP contribution in [0.15, 0.2) is 24.9 Å². The van der Waals surface area contributed by atoms with Gasteiger partial charge in [-0.15, -0.1) is 0 Å². The van der Waals surface area contributed by atoms with Crippen LogP contribution < -0.4 is 4.74 Å². The molecule has 3 heteroatoms. The zero-order valence-electron chi connectivity index (χ0n) is 6.74. The van der Waals surface area contributed by atoms with E-state index in [1.807, 2.05) is 6.07 Å². The van der Waals surface area contributed by atoms with Crippen LogP contribution in [0.2, 0.25) is 0 Å². The standard InChI is InChI=1S/C9H8N2O/c1-7(6-10)8-3-4-11-9(5-8)12-2/h3-5H,1H2,2H3. The summed E-state index contributed by atoms with van der Waals surface area (Å²) in [5.41, 5.74) is 1.15. The second-order valence-corrected chi connectivity index (χ2v) is 2.18. The van der Waals surface area contributed by atoms with E-state index in [0.717, 1.165) is 5.56 Å². The third kappa shape index (κ3) is 1.61. The largest absolute Gasteiger partial charge is 0.481 e. The van der Waals surface area contributed by atoms with Crippen LogP contribution in [0.1, 0.15) is 5.56 Å². The number of aromatic nitrogens is 1. The summed E-state index contributed by atoms with van der Waals surface area (Å²) in [6, 6.07) is 5.34. The quantitative estimate of drug-likeness (QED) is 0.617. The third-order valence-electron chi connectivity index (χ3n) is 1.43. The average molecular weight is 160 g/mol. The van der Waals surface area contributed by atoms with Crippen molar-refractivity contribution in [2.45, 2.75) is 0 Å². The highest BCUT2D eigenvalue weighted by molar-refractivity contribution is 5.74. The van der Waals surface area contributed by atoms with Gasteiger partial charge in [0.1, 0.15) is 0 Å². The smallest absolute Gasteiger partial charge is 0.213 e. The predicted molar refractivity (Wildman–Crippen MR) is 45.4 cm³/mol. The molecular formula is C9H8N2O. The molecule has 60 valence electrons. The molecule has 1 heterocycles. The number of ether oxygens (including phenoxy) is 1. The van der Waals surface area contributed by atoms with E-state index < -0.39 is 0 Å². The molecule has 3 nitrogen and oxygen atoms in total. The summed E-state index contributed by atoms with van der Waals surface area (Å²) in [4.78, 5) is 3.90. The van der Waals surface area contributed by atoms with Crippen molar-refractivity contribution in [2.75, 3.05) is 7.11 Å². The van der Waals surface area contributed by atoms with Gasteiger partial charge in [-0.25, -0.2) is 4.98 Å². The highest BCUT2D eigenvalue weighted by Gasteiger charge is 1.98. The van der Waals surface area contributed by atoms with E-state index in [1.165, 1.54) is 7.11 Å². The summed E-state index contributed by atoms with van der Waals surface area (Å²) < 4.78 is 4.89. The van der Waals surface area contributed by atoms with Gasteiger partial charge in [0.05, 0.1) is 18.8 Å². The van der Waals surface area contributed by atoms with E-state index in [0.29, 0.717) is 11.5 Å². The Labute approximate surface area is 70.9 Å². The molecule has 0 N–H and O–H groups in total. The zero-order chi connectivity index (χ0) is 8.97. The summed E-state index contributed by atoms with van der Waals surface area (Å²) in [6.45, 7) is 3.57. The number of methoxy groups -OCH3 is 1. The van der Waals surface area contributed by atoms with E-state index in [9.17, 15) is 0 Å². The molecule has 0 aliphatic carbocycles. The Morgan fingerprint density at radius 2 is 2.50 bits per heavy atom. The Morgan fingerprint density at radius 3 is 3.08 bits per heavy atom. The molecule has 0 unspecified atom stereocenters. The minimum atomic E-state index is 0.413. The molecule has 1 rings (SSSR count). The Balaban J connectivity index is 3.03. The zero-order valence-corrected chi connectivity index (χ0v) is 6.74. The maximum atomic E-state index is 8.54. The molecule has 0 radical (unpaired) electrons. The first-order valence-electron chi connectivity index (χ1n) is 3.37. The lowest BCUT2D eigenvalue weighted by molar-refractivity contribution is 0.398. The van der Waals surface area contributed by atoms with Crippen LogP contribution in [-0.2, 0) is 0 Å². The number of hydrogen-bond donors (Lipinski definition) is 0. The lowest BCUT2D eigenvalue weighted by Crippen LogP contribution is -1.88. The van der Waals surface area contributed by atoms with Gasteiger partial charge in [0.15, 0.2) is 0 Å². The molecule has 0 aliphatic rings. The second kappa shape index (κ2) is 3.54. The molecule has 0 amide bonds. The Morgan fingerprint density at radius 1 is 1.75 bits per heavy atom. The molecule has 0 bridgehead atoms. The van der Waals surface area contributed by atoms with Crippen LogP contribution in [0.3, 0.4) is 0 Å². The number of nitriles is 1. The van der Waals surface area contributed by atoms with Crippen LogP contribution in [0, 0.1) is 11.3 Å². The van der Waals surface area contributed by atoms with Gasteiger partial charge in [-0.05, 0) is 11.6 Å². The fourth-order valence-electron chi connectivity index (χ4n) is 0.773. The predicted octanol–water partition coefficient (Wildman–Crippen LogP) is 1.63. The van der Waals surface area contributed by atoms with Crippen LogP contribution >= 0.6 is 0 Å². The molecule has 0 fully saturated rings. The average Bonchev–Trinajstić information content (AvgIpc) is 2.17. The van der Waals surface area contributed by atoms with Crippen LogP contribution in [-0.4, -0.2) is 12.1 Å². The fraction of sp³-hybridized carbons (Fsp3) is 0.111. The molecule has 0 atom stereocenters. The van der Waals surface area contributed by atoms with Crippen molar-refractivity contribution in [3.8, 4) is 11.9 Å². The first kappa shape index (κ1) is 8.28. The van der Waals surface area contributed by atoms with Gasteiger partial charge in [0, 0.05) is 12.3 Å². The molecule has 0 spiro atoms. The van der Waals surface area contributed by atoms with Crippen molar-refractivity contribution in [3.05, 3.63) is 30.5 Å². The van der Waals surface area contributed by atoms with E-state index >= 15 is 0 Å². The topological polar surface area (TPSA) is 45.9 Å². The lowest BCUT2D eigenvalue weighted by Gasteiger charge is -1.99. The van der Waals surface area contributed by atoms with Crippen molar-refractivity contribution in [2.24, 2.45) is 0 Å². The Bertz CT molecular complexity index is 339. The van der Waals surface area contributed by atoms with Crippen molar-refractivity contribution >= 4 is 5.57 Å². The molecule has 0 aromatic carbocycles. The number of rotatable bonds is 2. The Hall–Kier alpha value is -1.82. The molecule has 0 saturated carbocycles. The SMILES string of the molecule is C=C(C#N)c1ccnc(OC)c1. The molecular weight excluding hydrogens is 152 g/mol. The van der Waals surface area contributed by atoms with E-state index in [-0.39, 0.29) is 0 Å². The van der Waals surface area contributed by atoms with Crippen molar-refractivity contribution < 1.29 is 4.74 Å². The number of allylic oxidation sites excluding steroid dienone is 1. The van der Waals surface area contributed by atoms with Gasteiger partial charge in [-0.1, -0.05) is 6.58 Å². The van der Waals surface area contributed by atoms with Crippen LogP contribution in [0.4, 0.5) is 0 Å². The van der Waals surface area contributed by atoms with E-state index in [1.54, 1.807) is 18.3 Å². The summed E-state index contributed by atoms with van der Waals surface area (Å²) >= 11 is 0. The van der Waals surface area contributed by atoms with Gasteiger partial charge in [0.25, 0.3) is 0 Å².